The Bertz CT molecular complexity index is 955. The summed E-state index contributed by atoms with van der Waals surface area (Å²) in [4.78, 5) is 27.0. The first-order valence-electron chi connectivity index (χ1n) is 9.71. The number of amidine groups is 1. The summed E-state index contributed by atoms with van der Waals surface area (Å²) in [5.74, 6) is -0.429. The number of nitrogen functional groups attached to an aromatic ring is 1. The predicted molar refractivity (Wildman–Crippen MR) is 120 cm³/mol. The van der Waals surface area contributed by atoms with Crippen LogP contribution in [0.25, 0.3) is 0 Å². The number of rotatable bonds is 5. The van der Waals surface area contributed by atoms with Crippen molar-refractivity contribution in [2.24, 2.45) is 5.73 Å². The summed E-state index contributed by atoms with van der Waals surface area (Å²) in [6.45, 7) is 3.44. The summed E-state index contributed by atoms with van der Waals surface area (Å²) >= 11 is 0. The number of carbonyl (C=O) groups is 2. The van der Waals surface area contributed by atoms with Crippen LogP contribution in [0.3, 0.4) is 0 Å². The number of hydrogen-bond acceptors (Lipinski definition) is 4. The Labute approximate surface area is 182 Å². The third-order valence-electron chi connectivity index (χ3n) is 5.13. The average molecular weight is 431 g/mol. The van der Waals surface area contributed by atoms with E-state index in [4.69, 9.17) is 11.1 Å². The molecular weight excluding hydrogens is 404 g/mol. The minimum absolute atomic E-state index is 0. The molecule has 0 spiro atoms. The van der Waals surface area contributed by atoms with Crippen LogP contribution in [0, 0.1) is 12.3 Å². The number of aromatic hydroxyl groups is 1. The highest BCUT2D eigenvalue weighted by Gasteiger charge is 2.20. The molecule has 7 nitrogen and oxygen atoms in total. The van der Waals surface area contributed by atoms with Crippen LogP contribution in [0.4, 0.5) is 5.69 Å². The van der Waals surface area contributed by atoms with Gasteiger partial charge in [0, 0.05) is 35.5 Å². The van der Waals surface area contributed by atoms with Gasteiger partial charge in [0.25, 0.3) is 5.91 Å². The third kappa shape index (κ3) is 5.51. The van der Waals surface area contributed by atoms with E-state index < -0.39 is 0 Å². The van der Waals surface area contributed by atoms with Gasteiger partial charge in [0.05, 0.1) is 6.42 Å². The van der Waals surface area contributed by atoms with Crippen molar-refractivity contribution in [2.75, 3.05) is 18.4 Å². The standard InChI is InChI=1S/C22H26N4O3.ClH/c1-14-11-17(6-7-18(14)22(29)26-9-3-2-4-10-26)25-20(28)13-16-12-15(21(23)24)5-8-19(16)27;/h5-8,11-12,27H,2-4,9-10,13H2,1H3,(H3,23,24)(H,25,28);1H. The first-order chi connectivity index (χ1) is 13.8. The number of anilines is 1. The lowest BCUT2D eigenvalue weighted by Crippen LogP contribution is -2.35. The summed E-state index contributed by atoms with van der Waals surface area (Å²) in [5, 5.41) is 20.2. The summed E-state index contributed by atoms with van der Waals surface area (Å²) < 4.78 is 0. The van der Waals surface area contributed by atoms with Gasteiger partial charge in [-0.15, -0.1) is 12.4 Å². The van der Waals surface area contributed by atoms with Gasteiger partial charge in [0.1, 0.15) is 11.6 Å². The number of amides is 2. The van der Waals surface area contributed by atoms with E-state index in [-0.39, 0.29) is 42.2 Å². The van der Waals surface area contributed by atoms with Crippen molar-refractivity contribution in [1.82, 2.24) is 4.90 Å². The molecule has 1 aliphatic heterocycles. The Morgan fingerprint density at radius 3 is 2.47 bits per heavy atom. The third-order valence-corrected chi connectivity index (χ3v) is 5.13. The molecule has 1 fully saturated rings. The maximum absolute atomic E-state index is 12.7. The van der Waals surface area contributed by atoms with Crippen molar-refractivity contribution in [1.29, 1.82) is 5.41 Å². The van der Waals surface area contributed by atoms with E-state index >= 15 is 0 Å². The van der Waals surface area contributed by atoms with Crippen molar-refractivity contribution in [2.45, 2.75) is 32.6 Å². The van der Waals surface area contributed by atoms with Gasteiger partial charge in [-0.1, -0.05) is 0 Å². The number of halogens is 1. The number of nitrogens with one attached hydrogen (secondary N) is 2. The zero-order valence-corrected chi connectivity index (χ0v) is 17.7. The first kappa shape index (κ1) is 23.2. The second-order valence-electron chi connectivity index (χ2n) is 7.36. The lowest BCUT2D eigenvalue weighted by atomic mass is 10.0. The van der Waals surface area contributed by atoms with Crippen LogP contribution >= 0.6 is 12.4 Å². The van der Waals surface area contributed by atoms with Crippen molar-refractivity contribution < 1.29 is 14.7 Å². The van der Waals surface area contributed by atoms with Crippen LogP contribution in [-0.4, -0.2) is 40.7 Å². The molecule has 3 rings (SSSR count). The van der Waals surface area contributed by atoms with Gasteiger partial charge < -0.3 is 21.1 Å². The molecule has 2 amide bonds. The molecule has 1 aliphatic rings. The van der Waals surface area contributed by atoms with Crippen molar-refractivity contribution >= 4 is 35.7 Å². The SMILES string of the molecule is Cc1cc(NC(=O)Cc2cc(C(=N)N)ccc2O)ccc1C(=O)N1CCCCC1.Cl. The fourth-order valence-electron chi connectivity index (χ4n) is 3.52. The van der Waals surface area contributed by atoms with Gasteiger partial charge in [-0.2, -0.15) is 0 Å². The van der Waals surface area contributed by atoms with E-state index in [1.807, 2.05) is 11.8 Å². The first-order valence-corrected chi connectivity index (χ1v) is 9.71. The van der Waals surface area contributed by atoms with Crippen LogP contribution in [0.5, 0.6) is 5.75 Å². The lowest BCUT2D eigenvalue weighted by Gasteiger charge is -2.27. The number of piperidine rings is 1. The molecule has 1 saturated heterocycles. The second kappa shape index (κ2) is 10.1. The minimum Gasteiger partial charge on any atom is -0.508 e. The molecule has 0 radical (unpaired) electrons. The van der Waals surface area contributed by atoms with Crippen LogP contribution in [-0.2, 0) is 11.2 Å². The van der Waals surface area contributed by atoms with E-state index in [2.05, 4.69) is 5.32 Å². The largest absolute Gasteiger partial charge is 0.508 e. The summed E-state index contributed by atoms with van der Waals surface area (Å²) in [7, 11) is 0. The van der Waals surface area contributed by atoms with Crippen LogP contribution in [0.2, 0.25) is 0 Å². The Hall–Kier alpha value is -3.06. The maximum Gasteiger partial charge on any atom is 0.254 e. The Kier molecular flexibility index (Phi) is 7.83. The van der Waals surface area contributed by atoms with Crippen LogP contribution in [0.15, 0.2) is 36.4 Å². The topological polar surface area (TPSA) is 120 Å². The second-order valence-corrected chi connectivity index (χ2v) is 7.36. The summed E-state index contributed by atoms with van der Waals surface area (Å²) in [5.41, 5.74) is 8.35. The fraction of sp³-hybridized carbons (Fsp3) is 0.318. The molecule has 30 heavy (non-hydrogen) atoms. The van der Waals surface area contributed by atoms with Gasteiger partial charge >= 0.3 is 0 Å². The number of nitrogens with zero attached hydrogens (tertiary/aromatic N) is 1. The molecule has 2 aromatic rings. The van der Waals surface area contributed by atoms with Crippen molar-refractivity contribution in [3.8, 4) is 5.75 Å². The smallest absolute Gasteiger partial charge is 0.254 e. The number of phenols is 1. The highest BCUT2D eigenvalue weighted by atomic mass is 35.5. The van der Waals surface area contributed by atoms with E-state index in [9.17, 15) is 14.7 Å². The van der Waals surface area contributed by atoms with Gasteiger partial charge in [0.15, 0.2) is 0 Å². The zero-order chi connectivity index (χ0) is 21.0. The van der Waals surface area contributed by atoms with E-state index in [1.165, 1.54) is 24.6 Å². The minimum atomic E-state index is -0.310. The monoisotopic (exact) mass is 430 g/mol. The molecule has 5 N–H and O–H groups in total. The Morgan fingerprint density at radius 1 is 1.13 bits per heavy atom. The zero-order valence-electron chi connectivity index (χ0n) is 16.9. The van der Waals surface area contributed by atoms with Crippen LogP contribution in [0.1, 0.15) is 46.3 Å². The fourth-order valence-corrected chi connectivity index (χ4v) is 3.52. The van der Waals surface area contributed by atoms with Gasteiger partial charge in [-0.25, -0.2) is 0 Å². The highest BCUT2D eigenvalue weighted by molar-refractivity contribution is 5.98. The van der Waals surface area contributed by atoms with E-state index in [0.717, 1.165) is 31.5 Å². The van der Waals surface area contributed by atoms with E-state index in [0.29, 0.717) is 22.4 Å². The van der Waals surface area contributed by atoms with Crippen molar-refractivity contribution in [3.05, 3.63) is 58.7 Å². The lowest BCUT2D eigenvalue weighted by molar-refractivity contribution is -0.115. The Balaban J connectivity index is 0.00000320. The number of aryl methyl sites for hydroxylation is 1. The van der Waals surface area contributed by atoms with Crippen molar-refractivity contribution in [3.63, 3.8) is 0 Å². The molecule has 0 aromatic heterocycles. The molecule has 8 heteroatoms. The maximum atomic E-state index is 12.7. The van der Waals surface area contributed by atoms with Gasteiger partial charge in [0.2, 0.25) is 5.91 Å². The summed E-state index contributed by atoms with van der Waals surface area (Å²) in [6.07, 6.45) is 3.19. The molecule has 0 atom stereocenters. The average Bonchev–Trinajstić information content (AvgIpc) is 2.69. The normalized spacial score (nSPS) is 13.3. The highest BCUT2D eigenvalue weighted by Crippen LogP contribution is 2.22. The molecule has 0 aliphatic carbocycles. The quantitative estimate of drug-likeness (QED) is 0.430. The predicted octanol–water partition coefficient (Wildman–Crippen LogP) is 3.21. The van der Waals surface area contributed by atoms with E-state index in [1.54, 1.807) is 18.2 Å². The molecular formula is C22H27ClN4O3. The number of hydrogen-bond donors (Lipinski definition) is 4. The molecule has 0 unspecified atom stereocenters. The molecule has 2 aromatic carbocycles. The molecule has 0 bridgehead atoms. The molecule has 1 heterocycles. The van der Waals surface area contributed by atoms with Crippen LogP contribution < -0.4 is 11.1 Å². The Morgan fingerprint density at radius 2 is 1.83 bits per heavy atom. The molecule has 0 saturated carbocycles. The number of nitrogens with two attached hydrogens (primary N) is 1. The number of likely N-dealkylation sites (tertiary alicyclic amines) is 1. The number of phenolic OH excluding ortho intramolecular Hbond substituents is 1. The number of benzene rings is 2. The van der Waals surface area contributed by atoms with Gasteiger partial charge in [-0.05, 0) is 68.1 Å². The van der Waals surface area contributed by atoms with Gasteiger partial charge in [-0.3, -0.25) is 15.0 Å². The summed E-state index contributed by atoms with van der Waals surface area (Å²) in [6, 6.07) is 9.72. The molecule has 160 valence electrons. The number of carbonyl (C=O) groups excluding carboxylic acids is 2.